The van der Waals surface area contributed by atoms with Crippen molar-refractivity contribution < 1.29 is 38.6 Å². The van der Waals surface area contributed by atoms with Gasteiger partial charge in [0.1, 0.15) is 12.2 Å². The van der Waals surface area contributed by atoms with Crippen molar-refractivity contribution in [1.82, 2.24) is 15.5 Å². The predicted octanol–water partition coefficient (Wildman–Crippen LogP) is 8.57. The largest absolute Gasteiger partial charge is 0.527 e. The summed E-state index contributed by atoms with van der Waals surface area (Å²) in [4.78, 5) is 62.0. The quantitative estimate of drug-likeness (QED) is 0.108. The van der Waals surface area contributed by atoms with Gasteiger partial charge in [-0.05, 0) is 94.0 Å². The first-order valence-corrected chi connectivity index (χ1v) is 20.3. The summed E-state index contributed by atoms with van der Waals surface area (Å²) in [7, 11) is 0. The van der Waals surface area contributed by atoms with Crippen LogP contribution < -0.4 is 5.43 Å². The van der Waals surface area contributed by atoms with Crippen LogP contribution in [0.5, 0.6) is 0 Å². The van der Waals surface area contributed by atoms with Crippen LogP contribution >= 0.6 is 0 Å². The third-order valence-electron chi connectivity index (χ3n) is 9.72. The van der Waals surface area contributed by atoms with Gasteiger partial charge in [0.05, 0.1) is 18.4 Å². The minimum absolute atomic E-state index is 0.00525. The second-order valence-electron chi connectivity index (χ2n) is 17.8. The Kier molecular flexibility index (Phi) is 15.8. The molecule has 1 aliphatic rings. The predicted molar refractivity (Wildman–Crippen MR) is 226 cm³/mol. The lowest BCUT2D eigenvalue weighted by atomic mass is 9.82. The first-order valence-electron chi connectivity index (χ1n) is 20.3. The minimum Gasteiger partial charge on any atom is -0.460 e. The fourth-order valence-corrected chi connectivity index (χ4v) is 7.25. The van der Waals surface area contributed by atoms with E-state index in [1.807, 2.05) is 119 Å². The van der Waals surface area contributed by atoms with Crippen LogP contribution in [0.2, 0.25) is 0 Å². The third kappa shape index (κ3) is 12.5. The Morgan fingerprint density at radius 2 is 1.36 bits per heavy atom. The van der Waals surface area contributed by atoms with E-state index in [0.717, 1.165) is 37.9 Å². The molecule has 2 amide bonds. The number of esters is 1. The average molecular weight is 798 g/mol. The molecule has 11 nitrogen and oxygen atoms in total. The van der Waals surface area contributed by atoms with E-state index >= 15 is 0 Å². The number of nitrogens with zero attached hydrogens (tertiary/aromatic N) is 2. The van der Waals surface area contributed by atoms with E-state index in [-0.39, 0.29) is 37.3 Å². The Labute approximate surface area is 344 Å². The van der Waals surface area contributed by atoms with Crippen LogP contribution in [0.1, 0.15) is 105 Å². The molecule has 0 fully saturated rings. The summed E-state index contributed by atoms with van der Waals surface area (Å²) in [6.07, 6.45) is 3.28. The normalized spacial score (nSPS) is 14.5. The van der Waals surface area contributed by atoms with Gasteiger partial charge in [-0.25, -0.2) is 4.79 Å². The number of carbonyl (C=O) groups is 4. The topological polar surface area (TPSA) is 135 Å². The van der Waals surface area contributed by atoms with Crippen molar-refractivity contribution in [2.24, 2.45) is 23.7 Å². The number of hydroxylamine groups is 2. The van der Waals surface area contributed by atoms with Gasteiger partial charge in [0, 0.05) is 18.0 Å². The van der Waals surface area contributed by atoms with Crippen molar-refractivity contribution >= 4 is 30.0 Å². The van der Waals surface area contributed by atoms with E-state index in [2.05, 4.69) is 5.43 Å². The molecular formula is C47H63N3O8. The Morgan fingerprint density at radius 3 is 1.88 bits per heavy atom. The number of fused-ring (bicyclic) bond motifs is 3. The molecular weight excluding hydrogens is 735 g/mol. The van der Waals surface area contributed by atoms with Gasteiger partial charge < -0.3 is 19.4 Å². The van der Waals surface area contributed by atoms with Gasteiger partial charge in [-0.15, -0.1) is 5.06 Å². The monoisotopic (exact) mass is 797 g/mol. The van der Waals surface area contributed by atoms with E-state index in [4.69, 9.17) is 14.3 Å². The first kappa shape index (κ1) is 45.7. The SMILES string of the molecule is CC(C)C[C@@H](C(=O)NN(CC(C)C)C(=O)[C@@H](CO)N(OC(=O)OCC1c2ccccc2-c2ccccc21)C(C)(C)C)[C@H](C/C=C/c1ccccc1)C(=O)OC(C)(C)C. The second kappa shape index (κ2) is 20.1. The zero-order valence-corrected chi connectivity index (χ0v) is 35.9. The van der Waals surface area contributed by atoms with Crippen molar-refractivity contribution in [3.63, 3.8) is 0 Å². The molecule has 0 aliphatic heterocycles. The number of carbonyl (C=O) groups excluding carboxylic acids is 4. The van der Waals surface area contributed by atoms with Crippen LogP contribution in [0.3, 0.4) is 0 Å². The number of allylic oxidation sites excluding steroid dienone is 1. The number of rotatable bonds is 16. The van der Waals surface area contributed by atoms with E-state index in [1.165, 1.54) is 0 Å². The second-order valence-corrected chi connectivity index (χ2v) is 17.8. The number of amides is 2. The average Bonchev–Trinajstić information content (AvgIpc) is 3.47. The molecule has 0 saturated carbocycles. The summed E-state index contributed by atoms with van der Waals surface area (Å²) in [5.41, 5.74) is 6.19. The molecule has 0 heterocycles. The Balaban J connectivity index is 1.57. The Morgan fingerprint density at radius 1 is 0.793 bits per heavy atom. The number of hydrogen-bond acceptors (Lipinski definition) is 9. The minimum atomic E-state index is -1.42. The number of benzene rings is 3. The van der Waals surface area contributed by atoms with Crippen molar-refractivity contribution in [2.45, 2.75) is 105 Å². The van der Waals surface area contributed by atoms with Gasteiger partial charge in [-0.2, -0.15) is 0 Å². The summed E-state index contributed by atoms with van der Waals surface area (Å²) in [5.74, 6) is -3.82. The maximum Gasteiger partial charge on any atom is 0.527 e. The molecule has 11 heteroatoms. The fourth-order valence-electron chi connectivity index (χ4n) is 7.25. The van der Waals surface area contributed by atoms with Crippen LogP contribution in [0.4, 0.5) is 4.79 Å². The Hall–Kier alpha value is -5.00. The highest BCUT2D eigenvalue weighted by molar-refractivity contribution is 5.89. The van der Waals surface area contributed by atoms with E-state index in [9.17, 15) is 24.3 Å². The molecule has 314 valence electrons. The van der Waals surface area contributed by atoms with Crippen LogP contribution in [0, 0.1) is 23.7 Å². The highest BCUT2D eigenvalue weighted by atomic mass is 16.8. The molecule has 3 aromatic carbocycles. The molecule has 58 heavy (non-hydrogen) atoms. The molecule has 0 unspecified atom stereocenters. The number of aliphatic hydroxyl groups is 1. The van der Waals surface area contributed by atoms with Gasteiger partial charge in [-0.3, -0.25) is 24.8 Å². The highest BCUT2D eigenvalue weighted by Crippen LogP contribution is 2.44. The van der Waals surface area contributed by atoms with Gasteiger partial charge in [0.25, 0.3) is 5.91 Å². The molecule has 0 spiro atoms. The Bertz CT molecular complexity index is 1830. The summed E-state index contributed by atoms with van der Waals surface area (Å²) < 4.78 is 11.6. The molecule has 0 radical (unpaired) electrons. The fraction of sp³-hybridized carbons (Fsp3) is 0.489. The molecule has 4 rings (SSSR count). The van der Waals surface area contributed by atoms with E-state index in [0.29, 0.717) is 6.42 Å². The summed E-state index contributed by atoms with van der Waals surface area (Å²) >= 11 is 0. The highest BCUT2D eigenvalue weighted by Gasteiger charge is 2.42. The van der Waals surface area contributed by atoms with E-state index < -0.39 is 59.6 Å². The molecule has 0 aromatic heterocycles. The van der Waals surface area contributed by atoms with Crippen molar-refractivity contribution in [2.75, 3.05) is 19.8 Å². The maximum atomic E-state index is 14.5. The standard InChI is InChI=1S/C47H63N3O8/c1-31(2)27-39(38(44(54)57-47(8,9)10)26-18-21-33-19-12-11-13-20-33)42(52)48-49(28-32(3)4)43(53)41(29-51)50(46(5,6)7)58-45(55)56-30-40-36-24-16-14-22-34(36)35-23-15-17-25-37(35)40/h11-25,31-32,38-41,51H,26-30H2,1-10H3,(H,48,52)/b21-18+/t38-,39+,41+/m0/s1. The van der Waals surface area contributed by atoms with E-state index in [1.54, 1.807) is 41.5 Å². The van der Waals surface area contributed by atoms with Crippen LogP contribution in [0.15, 0.2) is 84.9 Å². The number of ether oxygens (including phenoxy) is 2. The van der Waals surface area contributed by atoms with Crippen LogP contribution in [-0.4, -0.2) is 76.1 Å². The van der Waals surface area contributed by atoms with Gasteiger partial charge in [-0.1, -0.05) is 119 Å². The van der Waals surface area contributed by atoms with Crippen molar-refractivity contribution in [1.29, 1.82) is 0 Å². The van der Waals surface area contributed by atoms with Gasteiger partial charge >= 0.3 is 12.1 Å². The molecule has 1 aliphatic carbocycles. The number of hydrazine groups is 1. The first-order chi connectivity index (χ1) is 27.3. The summed E-state index contributed by atoms with van der Waals surface area (Å²) in [6.45, 7) is 17.6. The lowest BCUT2D eigenvalue weighted by Gasteiger charge is -2.40. The summed E-state index contributed by atoms with van der Waals surface area (Å²) in [5, 5.41) is 13.0. The van der Waals surface area contributed by atoms with Gasteiger partial charge in [0.15, 0.2) is 6.04 Å². The summed E-state index contributed by atoms with van der Waals surface area (Å²) in [6, 6.07) is 24.2. The zero-order valence-electron chi connectivity index (χ0n) is 35.9. The zero-order chi connectivity index (χ0) is 42.8. The number of nitrogens with one attached hydrogen (secondary N) is 1. The maximum absolute atomic E-state index is 14.5. The number of aliphatic hydroxyl groups excluding tert-OH is 1. The van der Waals surface area contributed by atoms with Crippen LogP contribution in [-0.2, 0) is 28.7 Å². The smallest absolute Gasteiger partial charge is 0.460 e. The molecule has 2 N–H and O–H groups in total. The number of hydrogen-bond donors (Lipinski definition) is 2. The van der Waals surface area contributed by atoms with Crippen molar-refractivity contribution in [3.8, 4) is 11.1 Å². The molecule has 3 aromatic rings. The molecule has 0 bridgehead atoms. The third-order valence-corrected chi connectivity index (χ3v) is 9.72. The lowest BCUT2D eigenvalue weighted by molar-refractivity contribution is -0.215. The molecule has 3 atom stereocenters. The lowest BCUT2D eigenvalue weighted by Crippen LogP contribution is -2.61. The van der Waals surface area contributed by atoms with Crippen LogP contribution in [0.25, 0.3) is 17.2 Å². The van der Waals surface area contributed by atoms with Gasteiger partial charge in [0.2, 0.25) is 5.91 Å². The molecule has 0 saturated heterocycles. The van der Waals surface area contributed by atoms with Crippen molar-refractivity contribution in [3.05, 3.63) is 102 Å².